The van der Waals surface area contributed by atoms with Crippen LogP contribution < -0.4 is 4.74 Å². The molecule has 5 nitrogen and oxygen atoms in total. The lowest BCUT2D eigenvalue weighted by atomic mass is 9.95. The maximum Gasteiger partial charge on any atom is 0.295 e. The molecule has 33 heavy (non-hydrogen) atoms. The van der Waals surface area contributed by atoms with Crippen LogP contribution in [0.5, 0.6) is 5.75 Å². The summed E-state index contributed by atoms with van der Waals surface area (Å²) in [4.78, 5) is 27.6. The highest BCUT2D eigenvalue weighted by Gasteiger charge is 2.46. The molecule has 0 bridgehead atoms. The zero-order valence-electron chi connectivity index (χ0n) is 17.8. The second kappa shape index (κ2) is 9.69. The zero-order chi connectivity index (χ0) is 23.5. The number of amides is 1. The molecule has 1 unspecified atom stereocenters. The van der Waals surface area contributed by atoms with Gasteiger partial charge in [0.1, 0.15) is 11.5 Å². The molecular weight excluding hydrogens is 461 g/mol. The normalized spacial score (nSPS) is 17.4. The van der Waals surface area contributed by atoms with E-state index in [9.17, 15) is 14.7 Å². The van der Waals surface area contributed by atoms with Gasteiger partial charge in [0.2, 0.25) is 0 Å². The first-order valence-corrected chi connectivity index (χ1v) is 11.1. The van der Waals surface area contributed by atoms with E-state index in [4.69, 9.17) is 27.9 Å². The molecular formula is C26H21Cl2NO4. The Morgan fingerprint density at radius 1 is 0.970 bits per heavy atom. The molecule has 3 aromatic rings. The number of aliphatic hydroxyl groups excluding tert-OH is 1. The van der Waals surface area contributed by atoms with Gasteiger partial charge in [-0.05, 0) is 53.9 Å². The van der Waals surface area contributed by atoms with Gasteiger partial charge >= 0.3 is 0 Å². The molecule has 1 fully saturated rings. The van der Waals surface area contributed by atoms with E-state index in [2.05, 4.69) is 0 Å². The van der Waals surface area contributed by atoms with E-state index < -0.39 is 17.7 Å². The Balaban J connectivity index is 1.79. The molecule has 0 aliphatic carbocycles. The number of carbonyl (C=O) groups excluding carboxylic acids is 2. The number of likely N-dealkylation sites (tertiary alicyclic amines) is 1. The Hall–Kier alpha value is -3.28. The summed E-state index contributed by atoms with van der Waals surface area (Å²) < 4.78 is 5.16. The number of aliphatic hydroxyl groups is 1. The van der Waals surface area contributed by atoms with Crippen LogP contribution in [0.1, 0.15) is 22.7 Å². The van der Waals surface area contributed by atoms with Crippen molar-refractivity contribution in [3.63, 3.8) is 0 Å². The van der Waals surface area contributed by atoms with Crippen LogP contribution in [0.4, 0.5) is 0 Å². The van der Waals surface area contributed by atoms with Crippen LogP contribution in [0.15, 0.2) is 78.4 Å². The molecule has 1 atom stereocenters. The van der Waals surface area contributed by atoms with Gasteiger partial charge in [-0.3, -0.25) is 9.59 Å². The van der Waals surface area contributed by atoms with E-state index in [1.165, 1.54) is 12.0 Å². The molecule has 1 heterocycles. The standard InChI is InChI=1S/C26H21Cl2NO4/c1-33-19-10-7-17(8-11-19)24(30)22-23(18-9-12-20(27)21(28)15-18)29(26(32)25(22)31)14-13-16-5-3-2-4-6-16/h2-12,15,23,30H,13-14H2,1H3/b24-22+. The van der Waals surface area contributed by atoms with Gasteiger partial charge in [0.25, 0.3) is 11.7 Å². The van der Waals surface area contributed by atoms with Crippen LogP contribution in [0.2, 0.25) is 10.0 Å². The maximum atomic E-state index is 13.1. The highest BCUT2D eigenvalue weighted by molar-refractivity contribution is 6.46. The molecule has 7 heteroatoms. The Bertz CT molecular complexity index is 1220. The Labute approximate surface area is 201 Å². The lowest BCUT2D eigenvalue weighted by molar-refractivity contribution is -0.139. The van der Waals surface area contributed by atoms with E-state index in [1.807, 2.05) is 30.3 Å². The van der Waals surface area contributed by atoms with E-state index in [-0.39, 0.29) is 11.3 Å². The molecule has 3 aromatic carbocycles. The number of methoxy groups -OCH3 is 1. The van der Waals surface area contributed by atoms with Crippen LogP contribution in [0.25, 0.3) is 5.76 Å². The van der Waals surface area contributed by atoms with Crippen molar-refractivity contribution in [3.05, 3.63) is 105 Å². The van der Waals surface area contributed by atoms with Crippen LogP contribution in [0, 0.1) is 0 Å². The minimum atomic E-state index is -0.800. The summed E-state index contributed by atoms with van der Waals surface area (Å²) in [5.74, 6) is -1.06. The SMILES string of the molecule is COc1ccc(/C(O)=C2\C(=O)C(=O)N(CCc3ccccc3)C2c2ccc(Cl)c(Cl)c2)cc1. The van der Waals surface area contributed by atoms with E-state index in [1.54, 1.807) is 42.5 Å². The Morgan fingerprint density at radius 2 is 1.67 bits per heavy atom. The molecule has 0 saturated carbocycles. The number of carbonyl (C=O) groups is 2. The molecule has 1 amide bonds. The molecule has 1 aliphatic heterocycles. The van der Waals surface area contributed by atoms with Gasteiger partial charge in [-0.1, -0.05) is 59.6 Å². The number of hydrogen-bond donors (Lipinski definition) is 1. The molecule has 0 aromatic heterocycles. The summed E-state index contributed by atoms with van der Waals surface area (Å²) in [5, 5.41) is 11.8. The zero-order valence-corrected chi connectivity index (χ0v) is 19.3. The van der Waals surface area contributed by atoms with Crippen molar-refractivity contribution in [2.24, 2.45) is 0 Å². The van der Waals surface area contributed by atoms with Crippen molar-refractivity contribution in [1.29, 1.82) is 0 Å². The fourth-order valence-electron chi connectivity index (χ4n) is 3.94. The van der Waals surface area contributed by atoms with Gasteiger partial charge in [0.05, 0.1) is 28.8 Å². The molecule has 1 aliphatic rings. The first-order valence-electron chi connectivity index (χ1n) is 10.3. The number of benzene rings is 3. The third-order valence-electron chi connectivity index (χ3n) is 5.65. The Morgan fingerprint density at radius 3 is 2.30 bits per heavy atom. The van der Waals surface area contributed by atoms with Gasteiger partial charge in [-0.2, -0.15) is 0 Å². The number of Topliss-reactive ketones (excluding diaryl/α,β-unsaturated/α-hetero) is 1. The summed E-state index contributed by atoms with van der Waals surface area (Å²) in [6.45, 7) is 0.291. The minimum Gasteiger partial charge on any atom is -0.507 e. The lowest BCUT2D eigenvalue weighted by Crippen LogP contribution is -2.31. The highest BCUT2D eigenvalue weighted by atomic mass is 35.5. The van der Waals surface area contributed by atoms with Crippen molar-refractivity contribution in [3.8, 4) is 5.75 Å². The predicted molar refractivity (Wildman–Crippen MR) is 129 cm³/mol. The van der Waals surface area contributed by atoms with E-state index in [0.717, 1.165) is 5.56 Å². The van der Waals surface area contributed by atoms with Crippen molar-refractivity contribution in [1.82, 2.24) is 4.90 Å². The van der Waals surface area contributed by atoms with Gasteiger partial charge < -0.3 is 14.7 Å². The first-order chi connectivity index (χ1) is 15.9. The molecule has 168 valence electrons. The number of ether oxygens (including phenoxy) is 1. The van der Waals surface area contributed by atoms with Crippen molar-refractivity contribution in [2.45, 2.75) is 12.5 Å². The van der Waals surface area contributed by atoms with Crippen LogP contribution >= 0.6 is 23.2 Å². The number of rotatable bonds is 6. The fourth-order valence-corrected chi connectivity index (χ4v) is 4.24. The van der Waals surface area contributed by atoms with Crippen LogP contribution in [-0.2, 0) is 16.0 Å². The molecule has 1 saturated heterocycles. The second-order valence-electron chi connectivity index (χ2n) is 7.63. The summed E-state index contributed by atoms with van der Waals surface area (Å²) in [7, 11) is 1.54. The monoisotopic (exact) mass is 481 g/mol. The third kappa shape index (κ3) is 4.61. The van der Waals surface area contributed by atoms with Gasteiger partial charge in [0, 0.05) is 12.1 Å². The van der Waals surface area contributed by atoms with Gasteiger partial charge in [-0.25, -0.2) is 0 Å². The maximum absolute atomic E-state index is 13.1. The summed E-state index contributed by atoms with van der Waals surface area (Å²) in [6, 6.07) is 20.4. The summed E-state index contributed by atoms with van der Waals surface area (Å²) >= 11 is 12.3. The Kier molecular flexibility index (Phi) is 6.72. The smallest absolute Gasteiger partial charge is 0.295 e. The van der Waals surface area contributed by atoms with E-state index >= 15 is 0 Å². The number of halogens is 2. The average Bonchev–Trinajstić information content (AvgIpc) is 3.09. The van der Waals surface area contributed by atoms with Gasteiger partial charge in [0.15, 0.2) is 0 Å². The molecule has 0 spiro atoms. The lowest BCUT2D eigenvalue weighted by Gasteiger charge is -2.25. The number of ketones is 1. The summed E-state index contributed by atoms with van der Waals surface area (Å²) in [6.07, 6.45) is 0.550. The number of hydrogen-bond acceptors (Lipinski definition) is 4. The number of nitrogens with zero attached hydrogens (tertiary/aromatic N) is 1. The minimum absolute atomic E-state index is 0.0108. The average molecular weight is 482 g/mol. The van der Waals surface area contributed by atoms with Crippen LogP contribution in [-0.4, -0.2) is 35.4 Å². The second-order valence-corrected chi connectivity index (χ2v) is 8.44. The van der Waals surface area contributed by atoms with Crippen molar-refractivity contribution in [2.75, 3.05) is 13.7 Å². The third-order valence-corrected chi connectivity index (χ3v) is 6.39. The largest absolute Gasteiger partial charge is 0.507 e. The van der Waals surface area contributed by atoms with Crippen molar-refractivity contribution >= 4 is 40.7 Å². The quantitative estimate of drug-likeness (QED) is 0.280. The van der Waals surface area contributed by atoms with E-state index in [0.29, 0.717) is 39.9 Å². The predicted octanol–water partition coefficient (Wildman–Crippen LogP) is 5.67. The molecule has 0 radical (unpaired) electrons. The first kappa shape index (κ1) is 22.9. The van der Waals surface area contributed by atoms with Crippen molar-refractivity contribution < 1.29 is 19.4 Å². The molecule has 1 N–H and O–H groups in total. The highest BCUT2D eigenvalue weighted by Crippen LogP contribution is 2.41. The van der Waals surface area contributed by atoms with Gasteiger partial charge in [-0.15, -0.1) is 0 Å². The van der Waals surface area contributed by atoms with Crippen LogP contribution in [0.3, 0.4) is 0 Å². The molecule has 4 rings (SSSR count). The summed E-state index contributed by atoms with van der Waals surface area (Å²) in [5.41, 5.74) is 2.03. The topological polar surface area (TPSA) is 66.8 Å². The fraction of sp³-hybridized carbons (Fsp3) is 0.154.